The third-order valence-corrected chi connectivity index (χ3v) is 4.23. The smallest absolute Gasteiger partial charge is 0.169 e. The van der Waals surface area contributed by atoms with E-state index in [1.54, 1.807) is 4.68 Å². The summed E-state index contributed by atoms with van der Waals surface area (Å²) in [6.45, 7) is 0. The van der Waals surface area contributed by atoms with Crippen LogP contribution in [0.4, 0.5) is 0 Å². The predicted molar refractivity (Wildman–Crippen MR) is 81.1 cm³/mol. The summed E-state index contributed by atoms with van der Waals surface area (Å²) in [6.07, 6.45) is 0. The summed E-state index contributed by atoms with van der Waals surface area (Å²) in [5, 5.41) is 11.6. The number of para-hydroxylation sites is 1. The lowest BCUT2D eigenvalue weighted by atomic mass is 10.2. The zero-order valence-electron chi connectivity index (χ0n) is 11.3. The number of benzene rings is 2. The highest BCUT2D eigenvalue weighted by Crippen LogP contribution is 2.11. The van der Waals surface area contributed by atoms with Gasteiger partial charge in [0, 0.05) is 16.6 Å². The molecule has 0 amide bonds. The second-order valence-corrected chi connectivity index (χ2v) is 6.01. The summed E-state index contributed by atoms with van der Waals surface area (Å²) in [5.41, 5.74) is 1.92. The van der Waals surface area contributed by atoms with Gasteiger partial charge in [-0.3, -0.25) is 4.21 Å². The Labute approximate surface area is 125 Å². The molecule has 0 saturated heterocycles. The van der Waals surface area contributed by atoms with Gasteiger partial charge in [-0.15, -0.1) is 5.10 Å². The summed E-state index contributed by atoms with van der Waals surface area (Å²) >= 11 is 0. The Morgan fingerprint density at radius 1 is 0.905 bits per heavy atom. The van der Waals surface area contributed by atoms with Gasteiger partial charge in [0.25, 0.3) is 0 Å². The van der Waals surface area contributed by atoms with Crippen LogP contribution in [0, 0.1) is 0 Å². The number of hydrogen-bond acceptors (Lipinski definition) is 4. The molecule has 6 heteroatoms. The molecule has 0 fully saturated rings. The first-order valence-corrected chi connectivity index (χ1v) is 8.03. The van der Waals surface area contributed by atoms with Gasteiger partial charge in [0.2, 0.25) is 0 Å². The Balaban J connectivity index is 1.74. The molecular formula is C15H14N4OS. The van der Waals surface area contributed by atoms with Crippen molar-refractivity contribution in [3.05, 3.63) is 72.1 Å². The molecular weight excluding hydrogens is 284 g/mol. The first-order chi connectivity index (χ1) is 10.3. The molecule has 3 rings (SSSR count). The molecule has 1 heterocycles. The molecule has 0 aliphatic heterocycles. The van der Waals surface area contributed by atoms with Crippen molar-refractivity contribution in [2.24, 2.45) is 0 Å². The minimum atomic E-state index is -1.05. The third kappa shape index (κ3) is 3.41. The molecule has 0 aliphatic carbocycles. The largest absolute Gasteiger partial charge is 0.259 e. The molecule has 0 spiro atoms. The minimum Gasteiger partial charge on any atom is -0.259 e. The summed E-state index contributed by atoms with van der Waals surface area (Å²) in [5.74, 6) is 1.44. The van der Waals surface area contributed by atoms with Crippen LogP contribution >= 0.6 is 0 Å². The van der Waals surface area contributed by atoms with Crippen LogP contribution in [-0.2, 0) is 22.3 Å². The van der Waals surface area contributed by atoms with Crippen LogP contribution in [0.1, 0.15) is 11.4 Å². The van der Waals surface area contributed by atoms with Crippen LogP contribution in [0.5, 0.6) is 0 Å². The minimum absolute atomic E-state index is 0.330. The van der Waals surface area contributed by atoms with Crippen LogP contribution in [0.25, 0.3) is 5.69 Å². The van der Waals surface area contributed by atoms with E-state index < -0.39 is 10.8 Å². The zero-order chi connectivity index (χ0) is 14.5. The maximum atomic E-state index is 12.3. The lowest BCUT2D eigenvalue weighted by molar-refractivity contribution is 0.679. The maximum absolute atomic E-state index is 12.3. The van der Waals surface area contributed by atoms with Crippen molar-refractivity contribution in [1.82, 2.24) is 20.2 Å². The van der Waals surface area contributed by atoms with Gasteiger partial charge >= 0.3 is 0 Å². The van der Waals surface area contributed by atoms with Crippen molar-refractivity contribution in [3.63, 3.8) is 0 Å². The number of hydrogen-bond donors (Lipinski definition) is 0. The SMILES string of the molecule is O=S(Cc1ccccc1)Cc1nnnn1-c1ccccc1. The highest BCUT2D eigenvalue weighted by molar-refractivity contribution is 7.83. The molecule has 0 N–H and O–H groups in total. The van der Waals surface area contributed by atoms with Gasteiger partial charge < -0.3 is 0 Å². The Kier molecular flexibility index (Phi) is 4.16. The van der Waals surface area contributed by atoms with Gasteiger partial charge in [0.1, 0.15) is 0 Å². The van der Waals surface area contributed by atoms with Crippen molar-refractivity contribution in [2.75, 3.05) is 0 Å². The lowest BCUT2D eigenvalue weighted by Crippen LogP contribution is -2.07. The fourth-order valence-electron chi connectivity index (χ4n) is 2.02. The Morgan fingerprint density at radius 3 is 2.29 bits per heavy atom. The first kappa shape index (κ1) is 13.6. The monoisotopic (exact) mass is 298 g/mol. The van der Waals surface area contributed by atoms with Crippen molar-refractivity contribution in [3.8, 4) is 5.69 Å². The van der Waals surface area contributed by atoms with Gasteiger partial charge in [-0.2, -0.15) is 4.68 Å². The van der Waals surface area contributed by atoms with E-state index in [1.165, 1.54) is 0 Å². The highest BCUT2D eigenvalue weighted by Gasteiger charge is 2.12. The Hall–Kier alpha value is -2.34. The van der Waals surface area contributed by atoms with E-state index in [4.69, 9.17) is 0 Å². The predicted octanol–water partition coefficient (Wildman–Crippen LogP) is 2.11. The fraction of sp³-hybridized carbons (Fsp3) is 0.133. The fourth-order valence-corrected chi connectivity index (χ4v) is 3.15. The van der Waals surface area contributed by atoms with Crippen LogP contribution in [0.2, 0.25) is 0 Å². The van der Waals surface area contributed by atoms with E-state index in [9.17, 15) is 4.21 Å². The molecule has 21 heavy (non-hydrogen) atoms. The van der Waals surface area contributed by atoms with Crippen molar-refractivity contribution < 1.29 is 4.21 Å². The van der Waals surface area contributed by atoms with Crippen molar-refractivity contribution in [1.29, 1.82) is 0 Å². The number of tetrazole rings is 1. The van der Waals surface area contributed by atoms with Crippen molar-refractivity contribution >= 4 is 10.8 Å². The summed E-state index contributed by atoms with van der Waals surface area (Å²) in [7, 11) is -1.05. The van der Waals surface area contributed by atoms with E-state index in [0.29, 0.717) is 17.3 Å². The van der Waals surface area contributed by atoms with Gasteiger partial charge in [-0.25, -0.2) is 0 Å². The standard InChI is InChI=1S/C15H14N4OS/c20-21(11-13-7-3-1-4-8-13)12-15-16-17-18-19(15)14-9-5-2-6-10-14/h1-10H,11-12H2. The summed E-state index contributed by atoms with van der Waals surface area (Å²) in [6, 6.07) is 19.4. The van der Waals surface area contributed by atoms with Crippen LogP contribution < -0.4 is 0 Å². The van der Waals surface area contributed by atoms with E-state index in [1.807, 2.05) is 60.7 Å². The third-order valence-electron chi connectivity index (χ3n) is 3.00. The topological polar surface area (TPSA) is 60.7 Å². The Morgan fingerprint density at radius 2 is 1.57 bits per heavy atom. The molecule has 1 aromatic heterocycles. The lowest BCUT2D eigenvalue weighted by Gasteiger charge is -2.04. The second kappa shape index (κ2) is 6.41. The average molecular weight is 298 g/mol. The van der Waals surface area contributed by atoms with E-state index in [-0.39, 0.29) is 0 Å². The normalized spacial score (nSPS) is 12.2. The molecule has 0 radical (unpaired) electrons. The van der Waals surface area contributed by atoms with E-state index >= 15 is 0 Å². The highest BCUT2D eigenvalue weighted by atomic mass is 32.2. The van der Waals surface area contributed by atoms with Gasteiger partial charge in [-0.05, 0) is 28.1 Å². The van der Waals surface area contributed by atoms with E-state index in [0.717, 1.165) is 11.3 Å². The number of rotatable bonds is 5. The Bertz CT molecular complexity index is 728. The second-order valence-electron chi connectivity index (χ2n) is 4.56. The molecule has 1 unspecified atom stereocenters. The quantitative estimate of drug-likeness (QED) is 0.724. The van der Waals surface area contributed by atoms with Gasteiger partial charge in [-0.1, -0.05) is 48.5 Å². The summed E-state index contributed by atoms with van der Waals surface area (Å²) in [4.78, 5) is 0. The maximum Gasteiger partial charge on any atom is 0.169 e. The molecule has 2 aromatic carbocycles. The number of aromatic nitrogens is 4. The van der Waals surface area contributed by atoms with Crippen molar-refractivity contribution in [2.45, 2.75) is 11.5 Å². The molecule has 106 valence electrons. The van der Waals surface area contributed by atoms with E-state index in [2.05, 4.69) is 15.5 Å². The summed E-state index contributed by atoms with van der Waals surface area (Å²) < 4.78 is 13.9. The average Bonchev–Trinajstić information content (AvgIpc) is 2.97. The zero-order valence-corrected chi connectivity index (χ0v) is 12.1. The van der Waals surface area contributed by atoms with Gasteiger partial charge in [0.15, 0.2) is 5.82 Å². The van der Waals surface area contributed by atoms with Crippen LogP contribution in [-0.4, -0.2) is 24.4 Å². The molecule has 1 atom stereocenters. The molecule has 0 saturated carbocycles. The van der Waals surface area contributed by atoms with Crippen LogP contribution in [0.15, 0.2) is 60.7 Å². The van der Waals surface area contributed by atoms with Gasteiger partial charge in [0.05, 0.1) is 11.4 Å². The molecule has 5 nitrogen and oxygen atoms in total. The van der Waals surface area contributed by atoms with Crippen LogP contribution in [0.3, 0.4) is 0 Å². The number of nitrogens with zero attached hydrogens (tertiary/aromatic N) is 4. The molecule has 0 aliphatic rings. The first-order valence-electron chi connectivity index (χ1n) is 6.54. The molecule has 3 aromatic rings. The molecule has 0 bridgehead atoms.